The fourth-order valence-electron chi connectivity index (χ4n) is 2.87. The predicted octanol–water partition coefficient (Wildman–Crippen LogP) is 4.24. The highest BCUT2D eigenvalue weighted by Crippen LogP contribution is 2.22. The van der Waals surface area contributed by atoms with Gasteiger partial charge in [-0.05, 0) is 36.5 Å². The van der Waals surface area contributed by atoms with E-state index in [1.165, 1.54) is 6.42 Å². The summed E-state index contributed by atoms with van der Waals surface area (Å²) in [5.41, 5.74) is 2.84. The van der Waals surface area contributed by atoms with Crippen LogP contribution in [0.4, 0.5) is 0 Å². The van der Waals surface area contributed by atoms with Crippen LogP contribution in [0.2, 0.25) is 0 Å². The van der Waals surface area contributed by atoms with Crippen molar-refractivity contribution in [1.82, 2.24) is 4.90 Å². The van der Waals surface area contributed by atoms with Crippen molar-refractivity contribution in [3.8, 4) is 0 Å². The fraction of sp³-hybridized carbons (Fsp3) is 0.250. The summed E-state index contributed by atoms with van der Waals surface area (Å²) in [5.74, 6) is 0.148. The van der Waals surface area contributed by atoms with Crippen LogP contribution in [0.5, 0.6) is 0 Å². The molecule has 0 aliphatic carbocycles. The Hall–Kier alpha value is -2.35. The Bertz CT molecular complexity index is 640. The van der Waals surface area contributed by atoms with E-state index in [1.54, 1.807) is 0 Å². The summed E-state index contributed by atoms with van der Waals surface area (Å²) in [6.45, 7) is 1.75. The first-order valence-corrected chi connectivity index (χ1v) is 7.96. The van der Waals surface area contributed by atoms with Crippen molar-refractivity contribution in [2.45, 2.75) is 19.3 Å². The van der Waals surface area contributed by atoms with Crippen LogP contribution in [0.1, 0.15) is 30.4 Å². The van der Waals surface area contributed by atoms with Crippen LogP contribution in [0.25, 0.3) is 11.6 Å². The van der Waals surface area contributed by atoms with Crippen molar-refractivity contribution < 1.29 is 4.79 Å². The number of benzene rings is 2. The Balaban J connectivity index is 1.96. The smallest absolute Gasteiger partial charge is 0.254 e. The third kappa shape index (κ3) is 3.45. The van der Waals surface area contributed by atoms with Gasteiger partial charge in [0.15, 0.2) is 0 Å². The van der Waals surface area contributed by atoms with Crippen LogP contribution >= 0.6 is 0 Å². The quantitative estimate of drug-likeness (QED) is 0.612. The van der Waals surface area contributed by atoms with E-state index in [0.717, 1.165) is 42.6 Å². The monoisotopic (exact) mass is 291 g/mol. The molecule has 1 saturated heterocycles. The minimum atomic E-state index is 0.148. The molecule has 3 rings (SSSR count). The van der Waals surface area contributed by atoms with Gasteiger partial charge in [-0.3, -0.25) is 4.79 Å². The van der Waals surface area contributed by atoms with E-state index in [2.05, 4.69) is 0 Å². The lowest BCUT2D eigenvalue weighted by Crippen LogP contribution is -2.36. The van der Waals surface area contributed by atoms with Crippen LogP contribution in [0.15, 0.2) is 60.7 Å². The lowest BCUT2D eigenvalue weighted by Gasteiger charge is -2.27. The van der Waals surface area contributed by atoms with Crippen LogP contribution < -0.4 is 0 Å². The molecule has 112 valence electrons. The summed E-state index contributed by atoms with van der Waals surface area (Å²) in [4.78, 5) is 15.0. The molecule has 0 radical (unpaired) electrons. The number of rotatable bonds is 3. The largest absolute Gasteiger partial charge is 0.339 e. The second-order valence-electron chi connectivity index (χ2n) is 5.69. The van der Waals surface area contributed by atoms with Gasteiger partial charge in [0.05, 0.1) is 0 Å². The number of hydrogen-bond acceptors (Lipinski definition) is 1. The van der Waals surface area contributed by atoms with Crippen molar-refractivity contribution in [2.75, 3.05) is 13.1 Å². The van der Waals surface area contributed by atoms with Gasteiger partial charge < -0.3 is 4.90 Å². The average Bonchev–Trinajstić information content (AvgIpc) is 2.61. The maximum absolute atomic E-state index is 13.0. The summed E-state index contributed by atoms with van der Waals surface area (Å²) >= 11 is 0. The number of carbonyl (C=O) groups excluding carboxylic acids is 1. The number of likely N-dealkylation sites (tertiary alicyclic amines) is 1. The van der Waals surface area contributed by atoms with Crippen LogP contribution in [0.3, 0.4) is 0 Å². The lowest BCUT2D eigenvalue weighted by atomic mass is 10.00. The van der Waals surface area contributed by atoms with E-state index < -0.39 is 0 Å². The molecule has 2 aromatic rings. The van der Waals surface area contributed by atoms with Gasteiger partial charge >= 0.3 is 0 Å². The molecule has 1 fully saturated rings. The molecule has 0 N–H and O–H groups in total. The zero-order valence-corrected chi connectivity index (χ0v) is 12.7. The van der Waals surface area contributed by atoms with Gasteiger partial charge in [0.1, 0.15) is 0 Å². The molecule has 0 unspecified atom stereocenters. The minimum Gasteiger partial charge on any atom is -0.339 e. The van der Waals surface area contributed by atoms with Crippen LogP contribution in [0, 0.1) is 0 Å². The normalized spacial score (nSPS) is 15.6. The van der Waals surface area contributed by atoms with E-state index in [4.69, 9.17) is 0 Å². The van der Waals surface area contributed by atoms with Crippen molar-refractivity contribution in [3.05, 3.63) is 71.8 Å². The van der Waals surface area contributed by atoms with Crippen molar-refractivity contribution in [1.29, 1.82) is 0 Å². The average molecular weight is 291 g/mol. The zero-order chi connectivity index (χ0) is 15.2. The molecule has 1 amide bonds. The summed E-state index contributed by atoms with van der Waals surface area (Å²) in [7, 11) is 0. The Morgan fingerprint density at radius 3 is 2.05 bits per heavy atom. The highest BCUT2D eigenvalue weighted by molar-refractivity contribution is 6.24. The molecule has 1 aliphatic heterocycles. The van der Waals surface area contributed by atoms with Gasteiger partial charge in [-0.2, -0.15) is 0 Å². The van der Waals surface area contributed by atoms with Crippen LogP contribution in [-0.4, -0.2) is 23.9 Å². The first kappa shape index (κ1) is 14.6. The first-order valence-electron chi connectivity index (χ1n) is 7.96. The second kappa shape index (κ2) is 7.08. The minimum absolute atomic E-state index is 0.148. The molecule has 2 aromatic carbocycles. The first-order chi connectivity index (χ1) is 10.8. The Labute approximate surface area is 132 Å². The molecule has 0 bridgehead atoms. The highest BCUT2D eigenvalue weighted by atomic mass is 16.2. The molecule has 2 heteroatoms. The van der Waals surface area contributed by atoms with Gasteiger partial charge in [-0.15, -0.1) is 0 Å². The summed E-state index contributed by atoms with van der Waals surface area (Å²) in [5, 5.41) is 0. The van der Waals surface area contributed by atoms with E-state index in [9.17, 15) is 4.79 Å². The molecule has 1 heterocycles. The molecule has 0 atom stereocenters. The van der Waals surface area contributed by atoms with E-state index >= 15 is 0 Å². The molecular weight excluding hydrogens is 270 g/mol. The van der Waals surface area contributed by atoms with Crippen molar-refractivity contribution >= 4 is 17.6 Å². The molecule has 2 nitrogen and oxygen atoms in total. The third-order valence-electron chi connectivity index (χ3n) is 4.07. The van der Waals surface area contributed by atoms with Gasteiger partial charge in [0.25, 0.3) is 5.91 Å². The van der Waals surface area contributed by atoms with Gasteiger partial charge in [0, 0.05) is 18.7 Å². The van der Waals surface area contributed by atoms with Gasteiger partial charge in [-0.1, -0.05) is 60.7 Å². The highest BCUT2D eigenvalue weighted by Gasteiger charge is 2.21. The van der Waals surface area contributed by atoms with Crippen LogP contribution in [-0.2, 0) is 4.79 Å². The summed E-state index contributed by atoms with van der Waals surface area (Å²) < 4.78 is 0. The predicted molar refractivity (Wildman–Crippen MR) is 91.2 cm³/mol. The SMILES string of the molecule is O=C(/C(=C/c1ccccc1)c1ccccc1)N1CCCCC1. The number of nitrogens with zero attached hydrogens (tertiary/aromatic N) is 1. The Morgan fingerprint density at radius 1 is 0.818 bits per heavy atom. The number of piperidine rings is 1. The van der Waals surface area contributed by atoms with E-state index in [-0.39, 0.29) is 5.91 Å². The molecular formula is C20H21NO. The molecule has 0 spiro atoms. The standard InChI is InChI=1S/C20H21NO/c22-20(21-14-8-3-9-15-21)19(18-12-6-2-7-13-18)16-17-10-4-1-5-11-17/h1-2,4-7,10-13,16H,3,8-9,14-15H2/b19-16+. The Kier molecular flexibility index (Phi) is 4.69. The van der Waals surface area contributed by atoms with E-state index in [0.29, 0.717) is 0 Å². The number of carbonyl (C=O) groups is 1. The summed E-state index contributed by atoms with van der Waals surface area (Å²) in [6, 6.07) is 20.0. The zero-order valence-electron chi connectivity index (χ0n) is 12.7. The second-order valence-corrected chi connectivity index (χ2v) is 5.69. The number of amides is 1. The maximum atomic E-state index is 13.0. The van der Waals surface area contributed by atoms with Crippen molar-refractivity contribution in [2.24, 2.45) is 0 Å². The molecule has 22 heavy (non-hydrogen) atoms. The van der Waals surface area contributed by atoms with E-state index in [1.807, 2.05) is 71.6 Å². The van der Waals surface area contributed by atoms with Crippen molar-refractivity contribution in [3.63, 3.8) is 0 Å². The Morgan fingerprint density at radius 2 is 1.41 bits per heavy atom. The van der Waals surface area contributed by atoms with Gasteiger partial charge in [0.2, 0.25) is 0 Å². The summed E-state index contributed by atoms with van der Waals surface area (Å²) in [6.07, 6.45) is 5.46. The molecule has 0 saturated carbocycles. The topological polar surface area (TPSA) is 20.3 Å². The van der Waals surface area contributed by atoms with Gasteiger partial charge in [-0.25, -0.2) is 0 Å². The lowest BCUT2D eigenvalue weighted by molar-refractivity contribution is -0.125. The third-order valence-corrected chi connectivity index (χ3v) is 4.07. The molecule has 0 aromatic heterocycles. The molecule has 1 aliphatic rings. The fourth-order valence-corrected chi connectivity index (χ4v) is 2.87. The maximum Gasteiger partial charge on any atom is 0.254 e. The number of hydrogen-bond donors (Lipinski definition) is 0.